The summed E-state index contributed by atoms with van der Waals surface area (Å²) < 4.78 is 11.0. The highest BCUT2D eigenvalue weighted by Gasteiger charge is 2.07. The summed E-state index contributed by atoms with van der Waals surface area (Å²) in [7, 11) is 0. The lowest BCUT2D eigenvalue weighted by molar-refractivity contribution is -0.143. The topological polar surface area (TPSA) is 39.4 Å². The van der Waals surface area contributed by atoms with Crippen LogP contribution in [0.2, 0.25) is 0 Å². The molecule has 0 N–H and O–H groups in total. The van der Waals surface area contributed by atoms with Crippen LogP contribution in [0.5, 0.6) is 0 Å². The van der Waals surface area contributed by atoms with Gasteiger partial charge in [-0.1, -0.05) is 71.1 Å². The molecule has 3 nitrogen and oxygen atoms in total. The predicted molar refractivity (Wildman–Crippen MR) is 118 cm³/mol. The summed E-state index contributed by atoms with van der Waals surface area (Å²) >= 11 is 0. The van der Waals surface area contributed by atoms with Crippen molar-refractivity contribution in [1.82, 2.24) is 0 Å². The molecule has 0 saturated carbocycles. The first kappa shape index (κ1) is 24.8. The first-order valence-electron chi connectivity index (χ1n) is 11.9. The fourth-order valence-corrected chi connectivity index (χ4v) is 3.71. The smallest absolute Gasteiger partial charge is 0.305 e. The van der Waals surface area contributed by atoms with Gasteiger partial charge in [0.05, 0.1) is 6.61 Å². The van der Waals surface area contributed by atoms with Crippen molar-refractivity contribution in [3.63, 3.8) is 0 Å². The molecule has 28 heavy (non-hydrogen) atoms. The number of unbranched alkanes of at least 4 members (excludes halogenated alkanes) is 11. The highest BCUT2D eigenvalue weighted by Crippen LogP contribution is 2.20. The molecule has 162 valence electrons. The zero-order valence-corrected chi connectivity index (χ0v) is 18.8. The number of esters is 1. The molecule has 0 aliphatic heterocycles. The average Bonchev–Trinajstić information content (AvgIpc) is 3.02. The molecular formula is C25H44O3. The number of carbonyl (C=O) groups is 1. The van der Waals surface area contributed by atoms with Crippen LogP contribution >= 0.6 is 0 Å². The largest absolute Gasteiger partial charge is 0.466 e. The Morgan fingerprint density at radius 1 is 0.821 bits per heavy atom. The molecule has 1 heterocycles. The average molecular weight is 393 g/mol. The molecule has 0 aliphatic carbocycles. The molecule has 1 rings (SSSR count). The van der Waals surface area contributed by atoms with Crippen molar-refractivity contribution >= 4 is 5.97 Å². The highest BCUT2D eigenvalue weighted by atomic mass is 16.5. The Balaban J connectivity index is 1.92. The molecule has 0 aromatic carbocycles. The van der Waals surface area contributed by atoms with E-state index in [2.05, 4.69) is 19.9 Å². The third-order valence-corrected chi connectivity index (χ3v) is 5.44. The van der Waals surface area contributed by atoms with Gasteiger partial charge in [-0.25, -0.2) is 0 Å². The molecule has 0 fully saturated rings. The van der Waals surface area contributed by atoms with E-state index >= 15 is 0 Å². The van der Waals surface area contributed by atoms with Crippen LogP contribution < -0.4 is 0 Å². The van der Waals surface area contributed by atoms with E-state index < -0.39 is 0 Å². The molecule has 0 spiro atoms. The molecule has 0 radical (unpaired) electrons. The van der Waals surface area contributed by atoms with Crippen molar-refractivity contribution in [2.45, 2.75) is 124 Å². The minimum absolute atomic E-state index is 0.0417. The number of furan rings is 1. The maximum absolute atomic E-state index is 11.2. The Morgan fingerprint density at radius 2 is 1.39 bits per heavy atom. The van der Waals surface area contributed by atoms with E-state index in [9.17, 15) is 4.79 Å². The van der Waals surface area contributed by atoms with Crippen LogP contribution in [0.15, 0.2) is 10.5 Å². The van der Waals surface area contributed by atoms with Crippen molar-refractivity contribution < 1.29 is 13.9 Å². The van der Waals surface area contributed by atoms with Crippen LogP contribution in [0.1, 0.15) is 121 Å². The standard InChI is InChI=1S/C25H44O3/c1-4-6-15-18-23-21-22(3)24(28-23)19-16-13-11-9-7-8-10-12-14-17-20-25(26)27-5-2/h21H,4-20H2,1-3H3. The molecule has 0 atom stereocenters. The van der Waals surface area contributed by atoms with Crippen LogP contribution in [0, 0.1) is 6.92 Å². The summed E-state index contributed by atoms with van der Waals surface area (Å²) in [6.45, 7) is 6.80. The normalized spacial score (nSPS) is 11.1. The van der Waals surface area contributed by atoms with E-state index in [1.54, 1.807) is 0 Å². The Kier molecular flexibility index (Phi) is 14.8. The second-order valence-electron chi connectivity index (χ2n) is 8.12. The molecule has 0 amide bonds. The van der Waals surface area contributed by atoms with Crippen LogP contribution in [0.4, 0.5) is 0 Å². The van der Waals surface area contributed by atoms with Gasteiger partial charge in [-0.05, 0) is 44.7 Å². The van der Waals surface area contributed by atoms with Crippen molar-refractivity contribution in [2.75, 3.05) is 6.61 Å². The van der Waals surface area contributed by atoms with Gasteiger partial charge >= 0.3 is 5.97 Å². The molecular weight excluding hydrogens is 348 g/mol. The first-order valence-corrected chi connectivity index (χ1v) is 11.9. The lowest BCUT2D eigenvalue weighted by atomic mass is 10.0. The van der Waals surface area contributed by atoms with Crippen molar-refractivity contribution in [2.24, 2.45) is 0 Å². The van der Waals surface area contributed by atoms with E-state index in [1.165, 1.54) is 87.7 Å². The Bertz CT molecular complexity index is 504. The quantitative estimate of drug-likeness (QED) is 0.190. The Morgan fingerprint density at radius 3 is 2.00 bits per heavy atom. The van der Waals surface area contributed by atoms with Crippen LogP contribution in [0.25, 0.3) is 0 Å². The molecule has 0 saturated heterocycles. The fourth-order valence-electron chi connectivity index (χ4n) is 3.71. The van der Waals surface area contributed by atoms with E-state index in [0.717, 1.165) is 25.7 Å². The second kappa shape index (κ2) is 16.7. The zero-order chi connectivity index (χ0) is 20.5. The van der Waals surface area contributed by atoms with Gasteiger partial charge in [-0.15, -0.1) is 0 Å². The number of carbonyl (C=O) groups excluding carboxylic acids is 1. The minimum atomic E-state index is -0.0417. The SMILES string of the molecule is CCCCCc1cc(C)c(CCCCCCCCCCCCC(=O)OCC)o1. The van der Waals surface area contributed by atoms with Gasteiger partial charge in [0, 0.05) is 19.3 Å². The summed E-state index contributed by atoms with van der Waals surface area (Å²) in [5, 5.41) is 0. The summed E-state index contributed by atoms with van der Waals surface area (Å²) in [4.78, 5) is 11.2. The van der Waals surface area contributed by atoms with Crippen LogP contribution in [-0.2, 0) is 22.4 Å². The van der Waals surface area contributed by atoms with Gasteiger partial charge in [-0.2, -0.15) is 0 Å². The number of rotatable bonds is 18. The molecule has 3 heteroatoms. The van der Waals surface area contributed by atoms with Gasteiger partial charge in [0.1, 0.15) is 11.5 Å². The van der Waals surface area contributed by atoms with Crippen molar-refractivity contribution in [3.8, 4) is 0 Å². The Labute approximate surface area is 173 Å². The first-order chi connectivity index (χ1) is 13.7. The molecule has 0 aliphatic rings. The van der Waals surface area contributed by atoms with E-state index in [0.29, 0.717) is 13.0 Å². The van der Waals surface area contributed by atoms with Gasteiger partial charge in [0.2, 0.25) is 0 Å². The van der Waals surface area contributed by atoms with Crippen molar-refractivity contribution in [1.29, 1.82) is 0 Å². The summed E-state index contributed by atoms with van der Waals surface area (Å²) in [6.07, 6.45) is 19.2. The zero-order valence-electron chi connectivity index (χ0n) is 18.8. The van der Waals surface area contributed by atoms with Gasteiger partial charge in [0.25, 0.3) is 0 Å². The minimum Gasteiger partial charge on any atom is -0.466 e. The van der Waals surface area contributed by atoms with Crippen molar-refractivity contribution in [3.05, 3.63) is 23.2 Å². The van der Waals surface area contributed by atoms with Gasteiger partial charge in [-0.3, -0.25) is 4.79 Å². The summed E-state index contributed by atoms with van der Waals surface area (Å²) in [5.74, 6) is 2.36. The number of aryl methyl sites for hydroxylation is 3. The summed E-state index contributed by atoms with van der Waals surface area (Å²) in [5.41, 5.74) is 1.34. The van der Waals surface area contributed by atoms with E-state index in [4.69, 9.17) is 9.15 Å². The number of ether oxygens (including phenoxy) is 1. The molecule has 0 bridgehead atoms. The Hall–Kier alpha value is -1.25. The maximum Gasteiger partial charge on any atom is 0.305 e. The lowest BCUT2D eigenvalue weighted by Crippen LogP contribution is -2.03. The van der Waals surface area contributed by atoms with Crippen LogP contribution in [0.3, 0.4) is 0 Å². The highest BCUT2D eigenvalue weighted by molar-refractivity contribution is 5.69. The number of hydrogen-bond acceptors (Lipinski definition) is 3. The second-order valence-corrected chi connectivity index (χ2v) is 8.12. The number of hydrogen-bond donors (Lipinski definition) is 0. The third kappa shape index (κ3) is 12.3. The predicted octanol–water partition coefficient (Wildman–Crippen LogP) is 7.72. The van der Waals surface area contributed by atoms with Crippen LogP contribution in [-0.4, -0.2) is 12.6 Å². The lowest BCUT2D eigenvalue weighted by Gasteiger charge is -2.03. The monoisotopic (exact) mass is 392 g/mol. The third-order valence-electron chi connectivity index (χ3n) is 5.44. The van der Waals surface area contributed by atoms with Gasteiger partial charge < -0.3 is 9.15 Å². The van der Waals surface area contributed by atoms with E-state index in [1.807, 2.05) is 6.92 Å². The molecule has 1 aromatic heterocycles. The fraction of sp³-hybridized carbons (Fsp3) is 0.800. The van der Waals surface area contributed by atoms with E-state index in [-0.39, 0.29) is 5.97 Å². The van der Waals surface area contributed by atoms with Gasteiger partial charge in [0.15, 0.2) is 0 Å². The summed E-state index contributed by atoms with van der Waals surface area (Å²) in [6, 6.07) is 2.25. The molecule has 1 aromatic rings. The molecule has 0 unspecified atom stereocenters. The maximum atomic E-state index is 11.2.